The Morgan fingerprint density at radius 3 is 2.60 bits per heavy atom. The summed E-state index contributed by atoms with van der Waals surface area (Å²) in [4.78, 5) is 31.4. The van der Waals surface area contributed by atoms with Crippen LogP contribution in [-0.4, -0.2) is 33.3 Å². The minimum absolute atomic E-state index is 0.132. The zero-order valence-corrected chi connectivity index (χ0v) is 18.2. The standard InChI is InChI=1S/C26H19F3N2O4/c27-26(28,29)19-3-1-2-15(12-19)14-31-22(16-6-9-30-10-7-16)21(24(33)25(31)34)23(32)18-4-5-20-17(13-18)8-11-35-20/h1-7,9-10,12-13,22,32H,8,11,14H2/b23-21-. The van der Waals surface area contributed by atoms with Crippen LogP contribution in [0, 0.1) is 0 Å². The quantitative estimate of drug-likeness (QED) is 0.334. The second kappa shape index (κ2) is 8.57. The van der Waals surface area contributed by atoms with E-state index in [0.29, 0.717) is 29.9 Å². The average Bonchev–Trinajstić information content (AvgIpc) is 3.42. The van der Waals surface area contributed by atoms with Gasteiger partial charge in [0.05, 0.1) is 23.8 Å². The SMILES string of the molecule is O=C1C(=O)N(Cc2cccc(C(F)(F)F)c2)C(c2ccncc2)/C1=C(/O)c1ccc2c(c1)CCO2. The second-order valence-electron chi connectivity index (χ2n) is 8.33. The Hall–Kier alpha value is -4.14. The zero-order chi connectivity index (χ0) is 24.7. The molecular weight excluding hydrogens is 461 g/mol. The average molecular weight is 480 g/mol. The molecule has 178 valence electrons. The normalized spacial score (nSPS) is 19.1. The molecule has 1 saturated heterocycles. The number of rotatable bonds is 4. The Morgan fingerprint density at radius 2 is 1.86 bits per heavy atom. The molecule has 5 rings (SSSR count). The molecule has 9 heteroatoms. The number of ether oxygens (including phenoxy) is 1. The number of nitrogens with zero attached hydrogens (tertiary/aromatic N) is 2. The number of fused-ring (bicyclic) bond motifs is 1. The number of pyridine rings is 1. The van der Waals surface area contributed by atoms with Crippen molar-refractivity contribution in [2.24, 2.45) is 0 Å². The maximum Gasteiger partial charge on any atom is 0.416 e. The number of benzene rings is 2. The summed E-state index contributed by atoms with van der Waals surface area (Å²) in [6.07, 6.45) is -0.945. The fourth-order valence-electron chi connectivity index (χ4n) is 4.47. The van der Waals surface area contributed by atoms with Gasteiger partial charge in [0.15, 0.2) is 0 Å². The lowest BCUT2D eigenvalue weighted by Gasteiger charge is -2.25. The summed E-state index contributed by atoms with van der Waals surface area (Å²) in [6, 6.07) is 11.8. The number of carbonyl (C=O) groups excluding carboxylic acids is 2. The smallest absolute Gasteiger partial charge is 0.416 e. The van der Waals surface area contributed by atoms with Gasteiger partial charge in [-0.2, -0.15) is 13.2 Å². The molecule has 3 heterocycles. The number of aromatic nitrogens is 1. The first-order valence-electron chi connectivity index (χ1n) is 10.8. The summed E-state index contributed by atoms with van der Waals surface area (Å²) in [5, 5.41) is 11.2. The van der Waals surface area contributed by atoms with Gasteiger partial charge in [0.1, 0.15) is 11.5 Å². The summed E-state index contributed by atoms with van der Waals surface area (Å²) in [7, 11) is 0. The molecule has 3 aromatic rings. The van der Waals surface area contributed by atoms with E-state index in [1.165, 1.54) is 29.4 Å². The maximum atomic E-state index is 13.2. The van der Waals surface area contributed by atoms with Gasteiger partial charge in [-0.15, -0.1) is 0 Å². The maximum absolute atomic E-state index is 13.2. The van der Waals surface area contributed by atoms with Gasteiger partial charge in [-0.3, -0.25) is 14.6 Å². The number of ketones is 1. The highest BCUT2D eigenvalue weighted by Crippen LogP contribution is 2.41. The number of likely N-dealkylation sites (tertiary alicyclic amines) is 1. The lowest BCUT2D eigenvalue weighted by molar-refractivity contribution is -0.140. The molecule has 2 aromatic carbocycles. The van der Waals surface area contributed by atoms with Crippen molar-refractivity contribution in [3.8, 4) is 5.75 Å². The minimum atomic E-state index is -4.55. The van der Waals surface area contributed by atoms with Crippen LogP contribution in [0.4, 0.5) is 13.2 Å². The van der Waals surface area contributed by atoms with Gasteiger partial charge in [-0.1, -0.05) is 12.1 Å². The first-order chi connectivity index (χ1) is 16.7. The fourth-order valence-corrected chi connectivity index (χ4v) is 4.47. The van der Waals surface area contributed by atoms with E-state index in [0.717, 1.165) is 17.7 Å². The molecule has 0 bridgehead atoms. The molecule has 1 amide bonds. The molecule has 1 unspecified atom stereocenters. The largest absolute Gasteiger partial charge is 0.507 e. The van der Waals surface area contributed by atoms with Crippen LogP contribution in [0.1, 0.15) is 33.9 Å². The molecule has 1 fully saturated rings. The van der Waals surface area contributed by atoms with Crippen LogP contribution in [0.25, 0.3) is 5.76 Å². The molecule has 6 nitrogen and oxygen atoms in total. The van der Waals surface area contributed by atoms with Crippen LogP contribution in [-0.2, 0) is 28.7 Å². The van der Waals surface area contributed by atoms with Crippen molar-refractivity contribution in [3.05, 3.63) is 100 Å². The third kappa shape index (κ3) is 4.14. The molecular formula is C26H19F3N2O4. The van der Waals surface area contributed by atoms with E-state index in [1.807, 2.05) is 0 Å². The van der Waals surface area contributed by atoms with Crippen molar-refractivity contribution >= 4 is 17.4 Å². The number of amides is 1. The second-order valence-corrected chi connectivity index (χ2v) is 8.33. The summed E-state index contributed by atoms with van der Waals surface area (Å²) in [6.45, 7) is 0.258. The van der Waals surface area contributed by atoms with Gasteiger partial charge in [-0.25, -0.2) is 0 Å². The van der Waals surface area contributed by atoms with Crippen molar-refractivity contribution in [2.75, 3.05) is 6.61 Å². The molecule has 1 N–H and O–H groups in total. The summed E-state index contributed by atoms with van der Waals surface area (Å²) in [5.74, 6) is -1.48. The minimum Gasteiger partial charge on any atom is -0.507 e. The van der Waals surface area contributed by atoms with E-state index in [1.54, 1.807) is 30.3 Å². The molecule has 0 spiro atoms. The van der Waals surface area contributed by atoms with E-state index in [4.69, 9.17) is 4.74 Å². The van der Waals surface area contributed by atoms with Crippen LogP contribution >= 0.6 is 0 Å². The number of carbonyl (C=O) groups is 2. The predicted octanol–water partition coefficient (Wildman–Crippen LogP) is 4.66. The lowest BCUT2D eigenvalue weighted by Crippen LogP contribution is -2.29. The number of Topliss-reactive ketones (excluding diaryl/α,β-unsaturated/α-hetero) is 1. The van der Waals surface area contributed by atoms with Crippen molar-refractivity contribution in [2.45, 2.75) is 25.2 Å². The molecule has 0 saturated carbocycles. The lowest BCUT2D eigenvalue weighted by atomic mass is 9.95. The molecule has 1 aromatic heterocycles. The number of halogens is 3. The van der Waals surface area contributed by atoms with E-state index < -0.39 is 29.5 Å². The Morgan fingerprint density at radius 1 is 1.09 bits per heavy atom. The van der Waals surface area contributed by atoms with E-state index in [9.17, 15) is 27.9 Å². The molecule has 2 aliphatic rings. The van der Waals surface area contributed by atoms with Crippen LogP contribution in [0.3, 0.4) is 0 Å². The molecule has 0 radical (unpaired) electrons. The van der Waals surface area contributed by atoms with E-state index in [2.05, 4.69) is 4.98 Å². The van der Waals surface area contributed by atoms with E-state index in [-0.39, 0.29) is 23.4 Å². The van der Waals surface area contributed by atoms with Crippen molar-refractivity contribution in [3.63, 3.8) is 0 Å². The Balaban J connectivity index is 1.60. The first-order valence-corrected chi connectivity index (χ1v) is 10.8. The Bertz CT molecular complexity index is 1350. The monoisotopic (exact) mass is 480 g/mol. The number of aliphatic hydroxyl groups is 1. The third-order valence-corrected chi connectivity index (χ3v) is 6.13. The predicted molar refractivity (Wildman–Crippen MR) is 119 cm³/mol. The number of hydrogen-bond acceptors (Lipinski definition) is 5. The van der Waals surface area contributed by atoms with Gasteiger partial charge in [0.2, 0.25) is 0 Å². The fraction of sp³-hybridized carbons (Fsp3) is 0.192. The number of aliphatic hydroxyl groups excluding tert-OH is 1. The van der Waals surface area contributed by atoms with Crippen molar-refractivity contribution < 1.29 is 32.6 Å². The zero-order valence-electron chi connectivity index (χ0n) is 18.2. The molecule has 2 aliphatic heterocycles. The van der Waals surface area contributed by atoms with Crippen LogP contribution in [0.15, 0.2) is 72.6 Å². The summed E-state index contributed by atoms with van der Waals surface area (Å²) >= 11 is 0. The number of alkyl halides is 3. The van der Waals surface area contributed by atoms with Gasteiger partial charge in [0.25, 0.3) is 11.7 Å². The Labute approximate surface area is 198 Å². The molecule has 35 heavy (non-hydrogen) atoms. The van der Waals surface area contributed by atoms with Crippen molar-refractivity contribution in [1.29, 1.82) is 0 Å². The highest BCUT2D eigenvalue weighted by molar-refractivity contribution is 6.46. The Kier molecular flexibility index (Phi) is 5.55. The van der Waals surface area contributed by atoms with Crippen LogP contribution in [0.2, 0.25) is 0 Å². The third-order valence-electron chi connectivity index (χ3n) is 6.13. The topological polar surface area (TPSA) is 79.7 Å². The van der Waals surface area contributed by atoms with Crippen LogP contribution in [0.5, 0.6) is 5.75 Å². The van der Waals surface area contributed by atoms with E-state index >= 15 is 0 Å². The highest BCUT2D eigenvalue weighted by Gasteiger charge is 2.46. The van der Waals surface area contributed by atoms with Gasteiger partial charge >= 0.3 is 6.18 Å². The number of hydrogen-bond donors (Lipinski definition) is 1. The molecule has 1 atom stereocenters. The van der Waals surface area contributed by atoms with Gasteiger partial charge in [-0.05, 0) is 59.2 Å². The highest BCUT2D eigenvalue weighted by atomic mass is 19.4. The summed E-state index contributed by atoms with van der Waals surface area (Å²) in [5.41, 5.74) is 0.935. The first kappa shape index (κ1) is 22.6. The summed E-state index contributed by atoms with van der Waals surface area (Å²) < 4.78 is 45.2. The van der Waals surface area contributed by atoms with Crippen molar-refractivity contribution in [1.82, 2.24) is 9.88 Å². The van der Waals surface area contributed by atoms with Gasteiger partial charge < -0.3 is 14.7 Å². The van der Waals surface area contributed by atoms with Gasteiger partial charge in [0, 0.05) is 30.9 Å². The van der Waals surface area contributed by atoms with Crippen LogP contribution < -0.4 is 4.74 Å². The molecule has 0 aliphatic carbocycles.